The highest BCUT2D eigenvalue weighted by molar-refractivity contribution is 4.80. The van der Waals surface area contributed by atoms with Gasteiger partial charge in [-0.25, -0.2) is 0 Å². The van der Waals surface area contributed by atoms with Crippen LogP contribution in [0.1, 0.15) is 92.9 Å². The van der Waals surface area contributed by atoms with Gasteiger partial charge in [0.2, 0.25) is 0 Å². The predicted octanol–water partition coefficient (Wildman–Crippen LogP) is 4.91. The minimum atomic E-state index is -0.314. The molecule has 3 nitrogen and oxygen atoms in total. The Morgan fingerprint density at radius 2 is 1.17 bits per heavy atom. The third-order valence-electron chi connectivity index (χ3n) is 5.63. The van der Waals surface area contributed by atoms with E-state index in [0.717, 1.165) is 32.1 Å². The van der Waals surface area contributed by atoms with Gasteiger partial charge in [-0.15, -0.1) is 0 Å². The van der Waals surface area contributed by atoms with Crippen molar-refractivity contribution in [2.45, 2.75) is 105 Å². The Kier molecular flexibility index (Phi) is 13.1. The lowest BCUT2D eigenvalue weighted by atomic mass is 9.71. The summed E-state index contributed by atoms with van der Waals surface area (Å²) in [6.07, 6.45) is 8.09. The van der Waals surface area contributed by atoms with E-state index in [1.165, 1.54) is 19.3 Å². The van der Waals surface area contributed by atoms with Crippen LogP contribution in [0.4, 0.5) is 0 Å². The average molecular weight is 343 g/mol. The number of rotatable bonds is 14. The highest BCUT2D eigenvalue weighted by Gasteiger charge is 2.29. The Morgan fingerprint density at radius 1 is 0.750 bits per heavy atom. The average Bonchev–Trinajstić information content (AvgIpc) is 2.47. The van der Waals surface area contributed by atoms with Crippen LogP contribution in [0.2, 0.25) is 0 Å². The molecule has 0 bridgehead atoms. The largest absolute Gasteiger partial charge is 0.393 e. The first kappa shape index (κ1) is 23.9. The van der Waals surface area contributed by atoms with Crippen LogP contribution in [0.5, 0.6) is 0 Å². The van der Waals surface area contributed by atoms with E-state index >= 15 is 0 Å². The minimum absolute atomic E-state index is 0.239. The Bertz CT molecular complexity index is 284. The van der Waals surface area contributed by atoms with Crippen molar-refractivity contribution in [1.29, 1.82) is 0 Å². The molecule has 0 aromatic carbocycles. The van der Waals surface area contributed by atoms with E-state index in [9.17, 15) is 5.11 Å². The molecule has 0 aromatic rings. The molecule has 0 fully saturated rings. The number of aliphatic hydroxyl groups is 1. The zero-order chi connectivity index (χ0) is 18.7. The third-order valence-corrected chi connectivity index (χ3v) is 5.63. The number of hydrogen-bond donors (Lipinski definition) is 3. The molecule has 0 saturated heterocycles. The van der Waals surface area contributed by atoms with Crippen molar-refractivity contribution in [1.82, 2.24) is 0 Å². The van der Waals surface area contributed by atoms with Crippen LogP contribution in [-0.2, 0) is 0 Å². The molecule has 0 saturated carbocycles. The number of unbranched alkanes of at least 4 members (excludes halogenated alkanes) is 2. The topological polar surface area (TPSA) is 72.3 Å². The van der Waals surface area contributed by atoms with E-state index in [-0.39, 0.29) is 18.2 Å². The molecule has 0 aliphatic rings. The molecule has 3 heteroatoms. The van der Waals surface area contributed by atoms with Crippen molar-refractivity contribution < 1.29 is 5.11 Å². The zero-order valence-corrected chi connectivity index (χ0v) is 17.3. The van der Waals surface area contributed by atoms with Gasteiger partial charge in [0.25, 0.3) is 0 Å². The number of hydrogen-bond acceptors (Lipinski definition) is 3. The SMILES string of the molecule is CCCCC(CC(O)CC(CCCC)C(C(C)C)C(C)C)C(N)N. The second-order valence-corrected chi connectivity index (χ2v) is 8.57. The Morgan fingerprint density at radius 3 is 1.54 bits per heavy atom. The van der Waals surface area contributed by atoms with E-state index < -0.39 is 0 Å². The fraction of sp³-hybridized carbons (Fsp3) is 1.00. The van der Waals surface area contributed by atoms with Gasteiger partial charge in [-0.3, -0.25) is 0 Å². The van der Waals surface area contributed by atoms with E-state index in [2.05, 4.69) is 41.5 Å². The van der Waals surface area contributed by atoms with Gasteiger partial charge in [-0.1, -0.05) is 73.6 Å². The van der Waals surface area contributed by atoms with Crippen LogP contribution in [-0.4, -0.2) is 17.4 Å². The van der Waals surface area contributed by atoms with Crippen molar-refractivity contribution in [2.24, 2.45) is 41.1 Å². The first-order valence-corrected chi connectivity index (χ1v) is 10.4. The molecule has 0 rings (SSSR count). The highest BCUT2D eigenvalue weighted by atomic mass is 16.3. The smallest absolute Gasteiger partial charge is 0.0550 e. The van der Waals surface area contributed by atoms with Crippen LogP contribution < -0.4 is 11.5 Å². The molecule has 0 aromatic heterocycles. The van der Waals surface area contributed by atoms with Gasteiger partial charge >= 0.3 is 0 Å². The molecule has 0 heterocycles. The van der Waals surface area contributed by atoms with Crippen molar-refractivity contribution >= 4 is 0 Å². The molecular formula is C21H46N2O. The Balaban J connectivity index is 4.85. The first-order valence-electron chi connectivity index (χ1n) is 10.4. The molecule has 3 atom stereocenters. The number of aliphatic hydroxyl groups excluding tert-OH is 1. The maximum atomic E-state index is 10.7. The molecule has 0 aliphatic carbocycles. The molecule has 0 amide bonds. The van der Waals surface area contributed by atoms with Crippen LogP contribution in [0.15, 0.2) is 0 Å². The fourth-order valence-corrected chi connectivity index (χ4v) is 4.52. The van der Waals surface area contributed by atoms with Gasteiger partial charge in [0.1, 0.15) is 0 Å². The van der Waals surface area contributed by atoms with Crippen molar-refractivity contribution in [3.63, 3.8) is 0 Å². The summed E-state index contributed by atoms with van der Waals surface area (Å²) in [5.74, 6) is 2.83. The maximum Gasteiger partial charge on any atom is 0.0550 e. The van der Waals surface area contributed by atoms with E-state index in [1.807, 2.05) is 0 Å². The Hall–Kier alpha value is -0.120. The summed E-state index contributed by atoms with van der Waals surface area (Å²) < 4.78 is 0. The van der Waals surface area contributed by atoms with Crippen LogP contribution in [0.3, 0.4) is 0 Å². The second-order valence-electron chi connectivity index (χ2n) is 8.57. The maximum absolute atomic E-state index is 10.7. The molecule has 146 valence electrons. The molecule has 0 radical (unpaired) electrons. The lowest BCUT2D eigenvalue weighted by Crippen LogP contribution is -2.41. The van der Waals surface area contributed by atoms with E-state index in [1.54, 1.807) is 0 Å². The first-order chi connectivity index (χ1) is 11.2. The normalized spacial score (nSPS) is 16.4. The third kappa shape index (κ3) is 9.39. The van der Waals surface area contributed by atoms with Gasteiger partial charge in [-0.05, 0) is 48.9 Å². The summed E-state index contributed by atoms with van der Waals surface area (Å²) in [6.45, 7) is 13.8. The minimum Gasteiger partial charge on any atom is -0.393 e. The summed E-state index contributed by atoms with van der Waals surface area (Å²) >= 11 is 0. The summed E-state index contributed by atoms with van der Waals surface area (Å²) in [7, 11) is 0. The van der Waals surface area contributed by atoms with Crippen LogP contribution in [0, 0.1) is 29.6 Å². The zero-order valence-electron chi connectivity index (χ0n) is 17.3. The van der Waals surface area contributed by atoms with Gasteiger partial charge in [-0.2, -0.15) is 0 Å². The van der Waals surface area contributed by atoms with E-state index in [0.29, 0.717) is 23.7 Å². The van der Waals surface area contributed by atoms with Gasteiger partial charge < -0.3 is 16.6 Å². The second kappa shape index (κ2) is 13.1. The van der Waals surface area contributed by atoms with Crippen molar-refractivity contribution in [3.8, 4) is 0 Å². The van der Waals surface area contributed by atoms with Crippen molar-refractivity contribution in [2.75, 3.05) is 0 Å². The van der Waals surface area contributed by atoms with Crippen LogP contribution >= 0.6 is 0 Å². The predicted molar refractivity (Wildman–Crippen MR) is 107 cm³/mol. The van der Waals surface area contributed by atoms with Gasteiger partial charge in [0.05, 0.1) is 12.3 Å². The molecule has 0 aliphatic heterocycles. The highest BCUT2D eigenvalue weighted by Crippen LogP contribution is 2.36. The molecule has 5 N–H and O–H groups in total. The number of nitrogens with two attached hydrogens (primary N) is 2. The summed E-state index contributed by atoms with van der Waals surface area (Å²) in [6, 6.07) is 0. The molecule has 24 heavy (non-hydrogen) atoms. The molecule has 0 spiro atoms. The standard InChI is InChI=1S/C21H46N2O/c1-7-9-11-17(20(15(3)4)16(5)6)13-19(24)14-18(21(22)23)12-10-8-2/h15-21,24H,7-14,22-23H2,1-6H3. The quantitative estimate of drug-likeness (QED) is 0.393. The Labute approximate surface area is 152 Å². The van der Waals surface area contributed by atoms with E-state index in [4.69, 9.17) is 11.5 Å². The van der Waals surface area contributed by atoms with Gasteiger partial charge in [0, 0.05) is 0 Å². The van der Waals surface area contributed by atoms with Crippen LogP contribution in [0.25, 0.3) is 0 Å². The molecular weight excluding hydrogens is 296 g/mol. The molecule has 3 unspecified atom stereocenters. The lowest BCUT2D eigenvalue weighted by Gasteiger charge is -2.35. The fourth-order valence-electron chi connectivity index (χ4n) is 4.52. The summed E-state index contributed by atoms with van der Waals surface area (Å²) in [5.41, 5.74) is 11.9. The van der Waals surface area contributed by atoms with Crippen molar-refractivity contribution in [3.05, 3.63) is 0 Å². The lowest BCUT2D eigenvalue weighted by molar-refractivity contribution is 0.0668. The monoisotopic (exact) mass is 342 g/mol. The summed E-state index contributed by atoms with van der Waals surface area (Å²) in [4.78, 5) is 0. The van der Waals surface area contributed by atoms with Gasteiger partial charge in [0.15, 0.2) is 0 Å². The summed E-state index contributed by atoms with van der Waals surface area (Å²) in [5, 5.41) is 10.7.